The zero-order chi connectivity index (χ0) is 24.2. The van der Waals surface area contributed by atoms with E-state index in [0.717, 1.165) is 12.0 Å². The maximum absolute atomic E-state index is 13.0. The zero-order valence-electron chi connectivity index (χ0n) is 19.2. The first-order valence-corrected chi connectivity index (χ1v) is 12.4. The molecule has 0 radical (unpaired) electrons. The molecule has 1 atom stereocenters. The lowest BCUT2D eigenvalue weighted by molar-refractivity contribution is -0.384. The van der Waals surface area contributed by atoms with Crippen molar-refractivity contribution in [3.8, 4) is 0 Å². The van der Waals surface area contributed by atoms with E-state index in [2.05, 4.69) is 19.2 Å². The molecule has 0 bridgehead atoms. The minimum atomic E-state index is -3.60. The Morgan fingerprint density at radius 2 is 1.76 bits per heavy atom. The molecule has 1 saturated heterocycles. The Balaban J connectivity index is 1.59. The van der Waals surface area contributed by atoms with Crippen molar-refractivity contribution < 1.29 is 18.1 Å². The molecule has 33 heavy (non-hydrogen) atoms. The SMILES string of the molecule is CCC(C)c1ccc(S(=O)(=O)N2CCN(CC(=O)Nc3c(C)cccc3[N+](=O)[O-])CC2)cc1. The average molecular weight is 475 g/mol. The lowest BCUT2D eigenvalue weighted by Gasteiger charge is -2.33. The van der Waals surface area contributed by atoms with Gasteiger partial charge in [0.2, 0.25) is 15.9 Å². The van der Waals surface area contributed by atoms with Crippen molar-refractivity contribution in [3.05, 3.63) is 63.7 Å². The summed E-state index contributed by atoms with van der Waals surface area (Å²) in [7, 11) is -3.60. The second-order valence-electron chi connectivity index (χ2n) is 8.33. The fraction of sp³-hybridized carbons (Fsp3) is 0.435. The van der Waals surface area contributed by atoms with Crippen molar-refractivity contribution >= 4 is 27.3 Å². The molecule has 1 fully saturated rings. The Bertz CT molecular complexity index is 1110. The van der Waals surface area contributed by atoms with Gasteiger partial charge in [-0.2, -0.15) is 4.31 Å². The molecule has 1 aliphatic rings. The number of aryl methyl sites for hydroxylation is 1. The highest BCUT2D eigenvalue weighted by Crippen LogP contribution is 2.28. The predicted octanol–water partition coefficient (Wildman–Crippen LogP) is 3.36. The number of anilines is 1. The van der Waals surface area contributed by atoms with E-state index >= 15 is 0 Å². The summed E-state index contributed by atoms with van der Waals surface area (Å²) in [6.45, 7) is 7.26. The van der Waals surface area contributed by atoms with E-state index in [4.69, 9.17) is 0 Å². The number of hydrogen-bond acceptors (Lipinski definition) is 6. The summed E-state index contributed by atoms with van der Waals surface area (Å²) in [5, 5.41) is 13.9. The molecule has 2 aromatic carbocycles. The number of nitro groups is 1. The van der Waals surface area contributed by atoms with Crippen LogP contribution < -0.4 is 5.32 Å². The van der Waals surface area contributed by atoms with Crippen LogP contribution in [0.3, 0.4) is 0 Å². The molecule has 2 aromatic rings. The number of nitro benzene ring substituents is 1. The number of hydrogen-bond donors (Lipinski definition) is 1. The summed E-state index contributed by atoms with van der Waals surface area (Å²) in [6.07, 6.45) is 0.985. The molecule has 9 nitrogen and oxygen atoms in total. The van der Waals surface area contributed by atoms with Crippen LogP contribution in [-0.4, -0.2) is 61.2 Å². The maximum atomic E-state index is 13.0. The van der Waals surface area contributed by atoms with E-state index < -0.39 is 14.9 Å². The quantitative estimate of drug-likeness (QED) is 0.464. The van der Waals surface area contributed by atoms with E-state index in [-0.39, 0.29) is 41.8 Å². The molecule has 1 amide bonds. The van der Waals surface area contributed by atoms with Gasteiger partial charge in [-0.05, 0) is 42.5 Å². The first-order valence-electron chi connectivity index (χ1n) is 11.0. The lowest BCUT2D eigenvalue weighted by Crippen LogP contribution is -2.50. The summed E-state index contributed by atoms with van der Waals surface area (Å²) >= 11 is 0. The molecule has 0 spiro atoms. The second kappa shape index (κ2) is 10.4. The molecule has 178 valence electrons. The third kappa shape index (κ3) is 5.76. The molecule has 0 aliphatic carbocycles. The van der Waals surface area contributed by atoms with Crippen molar-refractivity contribution in [1.82, 2.24) is 9.21 Å². The first kappa shape index (κ1) is 24.8. The smallest absolute Gasteiger partial charge is 0.293 e. The van der Waals surface area contributed by atoms with Gasteiger partial charge in [-0.1, -0.05) is 38.1 Å². The summed E-state index contributed by atoms with van der Waals surface area (Å²) < 4.78 is 27.5. The maximum Gasteiger partial charge on any atom is 0.293 e. The van der Waals surface area contributed by atoms with Crippen molar-refractivity contribution in [2.75, 3.05) is 38.0 Å². The summed E-state index contributed by atoms with van der Waals surface area (Å²) in [6, 6.07) is 11.7. The minimum absolute atomic E-state index is 0.0307. The van der Waals surface area contributed by atoms with Crippen molar-refractivity contribution in [3.63, 3.8) is 0 Å². The van der Waals surface area contributed by atoms with Crippen LogP contribution in [0.25, 0.3) is 0 Å². The first-order chi connectivity index (χ1) is 15.6. The molecule has 10 heteroatoms. The lowest BCUT2D eigenvalue weighted by atomic mass is 9.99. The predicted molar refractivity (Wildman–Crippen MR) is 127 cm³/mol. The Morgan fingerprint density at radius 1 is 1.12 bits per heavy atom. The minimum Gasteiger partial charge on any atom is -0.319 e. The molecule has 0 aromatic heterocycles. The molecular weight excluding hydrogens is 444 g/mol. The molecule has 3 rings (SSSR count). The van der Waals surface area contributed by atoms with Crippen LogP contribution in [0.4, 0.5) is 11.4 Å². The van der Waals surface area contributed by atoms with Crippen LogP contribution in [0.1, 0.15) is 37.3 Å². The standard InChI is InChI=1S/C23H30N4O5S/c1-4-17(2)19-8-10-20(11-9-19)33(31,32)26-14-12-25(13-15-26)16-22(28)24-23-18(3)6-5-7-21(23)27(29)30/h5-11,17H,4,12-16H2,1-3H3,(H,24,28). The number of amides is 1. The molecule has 1 unspecified atom stereocenters. The Hall–Kier alpha value is -2.82. The van der Waals surface area contributed by atoms with E-state index in [9.17, 15) is 23.3 Å². The number of nitrogens with one attached hydrogen (secondary N) is 1. The Kier molecular flexibility index (Phi) is 7.83. The number of carbonyl (C=O) groups is 1. The highest BCUT2D eigenvalue weighted by atomic mass is 32.2. The monoisotopic (exact) mass is 474 g/mol. The van der Waals surface area contributed by atoms with Gasteiger partial charge in [-0.15, -0.1) is 0 Å². The molecule has 0 saturated carbocycles. The van der Waals surface area contributed by atoms with Gasteiger partial charge in [0.15, 0.2) is 0 Å². The normalized spacial score (nSPS) is 16.3. The van der Waals surface area contributed by atoms with Crippen LogP contribution in [-0.2, 0) is 14.8 Å². The van der Waals surface area contributed by atoms with Crippen LogP contribution in [0.15, 0.2) is 47.4 Å². The van der Waals surface area contributed by atoms with E-state index in [0.29, 0.717) is 24.6 Å². The highest BCUT2D eigenvalue weighted by Gasteiger charge is 2.29. The fourth-order valence-electron chi connectivity index (χ4n) is 3.83. The van der Waals surface area contributed by atoms with Crippen LogP contribution >= 0.6 is 0 Å². The third-order valence-corrected chi connectivity index (χ3v) is 8.02. The van der Waals surface area contributed by atoms with Gasteiger partial charge >= 0.3 is 0 Å². The van der Waals surface area contributed by atoms with Crippen molar-refractivity contribution in [2.24, 2.45) is 0 Å². The molecule has 1 N–H and O–H groups in total. The number of rotatable bonds is 8. The number of para-hydroxylation sites is 1. The van der Waals surface area contributed by atoms with Crippen LogP contribution in [0.2, 0.25) is 0 Å². The van der Waals surface area contributed by atoms with Gasteiger partial charge in [-0.25, -0.2) is 8.42 Å². The van der Waals surface area contributed by atoms with Gasteiger partial charge in [0, 0.05) is 32.2 Å². The molecule has 1 aliphatic heterocycles. The number of carbonyl (C=O) groups excluding carboxylic acids is 1. The van der Waals surface area contributed by atoms with E-state index in [1.165, 1.54) is 10.4 Å². The number of benzene rings is 2. The van der Waals surface area contributed by atoms with E-state index in [1.54, 1.807) is 31.2 Å². The Morgan fingerprint density at radius 3 is 2.33 bits per heavy atom. The third-order valence-electron chi connectivity index (χ3n) is 6.11. The average Bonchev–Trinajstić information content (AvgIpc) is 2.80. The van der Waals surface area contributed by atoms with Crippen LogP contribution in [0, 0.1) is 17.0 Å². The largest absolute Gasteiger partial charge is 0.319 e. The van der Waals surface area contributed by atoms with Gasteiger partial charge < -0.3 is 5.32 Å². The van der Waals surface area contributed by atoms with Crippen LogP contribution in [0.5, 0.6) is 0 Å². The van der Waals surface area contributed by atoms with Gasteiger partial charge in [0.25, 0.3) is 5.69 Å². The molecule has 1 heterocycles. The topological polar surface area (TPSA) is 113 Å². The summed E-state index contributed by atoms with van der Waals surface area (Å²) in [5.41, 5.74) is 1.75. The second-order valence-corrected chi connectivity index (χ2v) is 10.3. The highest BCUT2D eigenvalue weighted by molar-refractivity contribution is 7.89. The zero-order valence-corrected chi connectivity index (χ0v) is 20.0. The van der Waals surface area contributed by atoms with Gasteiger partial charge in [0.1, 0.15) is 5.69 Å². The summed E-state index contributed by atoms with van der Waals surface area (Å²) in [4.78, 5) is 25.3. The van der Waals surface area contributed by atoms with Gasteiger partial charge in [0.05, 0.1) is 16.4 Å². The summed E-state index contributed by atoms with van der Waals surface area (Å²) in [5.74, 6) is 0.00175. The van der Waals surface area contributed by atoms with Crippen molar-refractivity contribution in [1.29, 1.82) is 0 Å². The fourth-order valence-corrected chi connectivity index (χ4v) is 5.25. The number of piperazine rings is 1. The van der Waals surface area contributed by atoms with Gasteiger partial charge in [-0.3, -0.25) is 19.8 Å². The van der Waals surface area contributed by atoms with Crippen molar-refractivity contribution in [2.45, 2.75) is 38.0 Å². The number of nitrogens with zero attached hydrogens (tertiary/aromatic N) is 3. The van der Waals surface area contributed by atoms with E-state index in [1.807, 2.05) is 17.0 Å². The molecular formula is C23H30N4O5S. The number of sulfonamides is 1. The Labute approximate surface area is 194 Å².